The van der Waals surface area contributed by atoms with E-state index < -0.39 is 6.29 Å². The second-order valence-electron chi connectivity index (χ2n) is 5.14. The number of allylic oxidation sites excluding steroid dienone is 4. The maximum Gasteiger partial charge on any atom is 0.183 e. The third-order valence-corrected chi connectivity index (χ3v) is 4.40. The lowest BCUT2D eigenvalue weighted by atomic mass is 9.87. The Bertz CT molecular complexity index is 533. The number of halogens is 2. The first-order valence-corrected chi connectivity index (χ1v) is 7.55. The summed E-state index contributed by atoms with van der Waals surface area (Å²) in [5, 5.41) is 0. The summed E-state index contributed by atoms with van der Waals surface area (Å²) in [5.41, 5.74) is 0.725. The molecule has 4 heteroatoms. The molecule has 1 fully saturated rings. The lowest BCUT2D eigenvalue weighted by molar-refractivity contribution is -0.210. The van der Waals surface area contributed by atoms with Crippen LogP contribution >= 0.6 is 15.9 Å². The molecule has 1 unspecified atom stereocenters. The lowest BCUT2D eigenvalue weighted by Crippen LogP contribution is -2.32. The molecule has 1 aromatic carbocycles. The largest absolute Gasteiger partial charge is 0.348 e. The Morgan fingerprint density at radius 3 is 2.60 bits per heavy atom. The van der Waals surface area contributed by atoms with Crippen molar-refractivity contribution in [2.75, 3.05) is 13.2 Å². The summed E-state index contributed by atoms with van der Waals surface area (Å²) in [6.07, 6.45) is 9.08. The number of hydrogen-bond acceptors (Lipinski definition) is 2. The molecule has 0 aromatic heterocycles. The van der Waals surface area contributed by atoms with E-state index in [9.17, 15) is 4.39 Å². The Hall–Kier alpha value is -0.970. The highest BCUT2D eigenvalue weighted by Gasteiger charge is 2.28. The Morgan fingerprint density at radius 2 is 1.95 bits per heavy atom. The van der Waals surface area contributed by atoms with Crippen molar-refractivity contribution in [3.05, 3.63) is 58.4 Å². The SMILES string of the molecule is Fc1cc([C@H]2OC[C@H](C3C=CC=CC3)CO2)ccc1Br. The second-order valence-corrected chi connectivity index (χ2v) is 6.00. The first kappa shape index (κ1) is 14.0. The van der Waals surface area contributed by atoms with Gasteiger partial charge in [0.1, 0.15) is 5.82 Å². The van der Waals surface area contributed by atoms with E-state index in [4.69, 9.17) is 9.47 Å². The van der Waals surface area contributed by atoms with Gasteiger partial charge < -0.3 is 9.47 Å². The number of benzene rings is 1. The molecule has 2 aliphatic rings. The first-order valence-electron chi connectivity index (χ1n) is 6.75. The lowest BCUT2D eigenvalue weighted by Gasteiger charge is -2.33. The van der Waals surface area contributed by atoms with E-state index >= 15 is 0 Å². The molecule has 1 aliphatic heterocycles. The third kappa shape index (κ3) is 3.03. The van der Waals surface area contributed by atoms with Crippen molar-refractivity contribution >= 4 is 15.9 Å². The van der Waals surface area contributed by atoms with E-state index in [1.54, 1.807) is 6.07 Å². The first-order chi connectivity index (χ1) is 9.74. The molecule has 3 rings (SSSR count). The highest BCUT2D eigenvalue weighted by atomic mass is 79.9. The average Bonchev–Trinajstić information content (AvgIpc) is 2.51. The predicted molar refractivity (Wildman–Crippen MR) is 78.6 cm³/mol. The van der Waals surface area contributed by atoms with Crippen molar-refractivity contribution in [2.45, 2.75) is 12.7 Å². The molecule has 0 radical (unpaired) electrons. The van der Waals surface area contributed by atoms with Gasteiger partial charge in [-0.25, -0.2) is 4.39 Å². The van der Waals surface area contributed by atoms with E-state index in [0.717, 1.165) is 12.0 Å². The van der Waals surface area contributed by atoms with Gasteiger partial charge in [-0.3, -0.25) is 0 Å². The molecule has 20 heavy (non-hydrogen) atoms. The summed E-state index contributed by atoms with van der Waals surface area (Å²) < 4.78 is 25.5. The third-order valence-electron chi connectivity index (χ3n) is 3.76. The molecule has 0 bridgehead atoms. The molecule has 1 atom stereocenters. The van der Waals surface area contributed by atoms with E-state index in [2.05, 4.69) is 40.2 Å². The summed E-state index contributed by atoms with van der Waals surface area (Å²) in [7, 11) is 0. The molecule has 0 spiro atoms. The predicted octanol–water partition coefficient (Wildman–Crippen LogP) is 4.38. The fraction of sp³-hybridized carbons (Fsp3) is 0.375. The van der Waals surface area contributed by atoms with Crippen molar-refractivity contribution in [3.8, 4) is 0 Å². The van der Waals surface area contributed by atoms with Gasteiger partial charge in [0.25, 0.3) is 0 Å². The Balaban J connectivity index is 1.62. The molecular weight excluding hydrogens is 323 g/mol. The van der Waals surface area contributed by atoms with Crippen molar-refractivity contribution in [1.29, 1.82) is 0 Å². The van der Waals surface area contributed by atoms with E-state index in [0.29, 0.717) is 29.5 Å². The van der Waals surface area contributed by atoms with Crippen LogP contribution in [-0.4, -0.2) is 13.2 Å². The molecule has 1 saturated heterocycles. The molecule has 2 nitrogen and oxygen atoms in total. The molecule has 1 aromatic rings. The van der Waals surface area contributed by atoms with Crippen molar-refractivity contribution in [3.63, 3.8) is 0 Å². The minimum atomic E-state index is -0.461. The molecule has 0 amide bonds. The van der Waals surface area contributed by atoms with Gasteiger partial charge in [-0.15, -0.1) is 0 Å². The van der Waals surface area contributed by atoms with Crippen LogP contribution < -0.4 is 0 Å². The summed E-state index contributed by atoms with van der Waals surface area (Å²) in [4.78, 5) is 0. The Kier molecular flexibility index (Phi) is 4.34. The summed E-state index contributed by atoms with van der Waals surface area (Å²) in [6, 6.07) is 4.96. The van der Waals surface area contributed by atoms with Crippen molar-refractivity contribution in [2.24, 2.45) is 11.8 Å². The Morgan fingerprint density at radius 1 is 1.15 bits per heavy atom. The van der Waals surface area contributed by atoms with Crippen molar-refractivity contribution in [1.82, 2.24) is 0 Å². The number of hydrogen-bond donors (Lipinski definition) is 0. The quantitative estimate of drug-likeness (QED) is 0.796. The molecule has 1 heterocycles. The van der Waals surface area contributed by atoms with E-state index in [-0.39, 0.29) is 5.82 Å². The fourth-order valence-electron chi connectivity index (χ4n) is 2.57. The maximum atomic E-state index is 13.5. The molecule has 106 valence electrons. The minimum Gasteiger partial charge on any atom is -0.348 e. The van der Waals surface area contributed by atoms with Gasteiger partial charge in [0.05, 0.1) is 17.7 Å². The van der Waals surface area contributed by atoms with Crippen molar-refractivity contribution < 1.29 is 13.9 Å². The molecule has 0 N–H and O–H groups in total. The van der Waals surface area contributed by atoms with Crippen LogP contribution in [0.25, 0.3) is 0 Å². The van der Waals surface area contributed by atoms with Crippen LogP contribution in [0.5, 0.6) is 0 Å². The van der Waals surface area contributed by atoms with Gasteiger partial charge in [0.2, 0.25) is 0 Å². The van der Waals surface area contributed by atoms with Crippen LogP contribution in [0.3, 0.4) is 0 Å². The smallest absolute Gasteiger partial charge is 0.183 e. The minimum absolute atomic E-state index is 0.294. The van der Waals surface area contributed by atoms with Gasteiger partial charge in [0.15, 0.2) is 6.29 Å². The normalized spacial score (nSPS) is 29.6. The van der Waals surface area contributed by atoms with Crippen LogP contribution in [0.15, 0.2) is 47.0 Å². The number of ether oxygens (including phenoxy) is 2. The molecular formula is C16H16BrFO2. The van der Waals surface area contributed by atoms with Crippen LogP contribution in [0.4, 0.5) is 4.39 Å². The summed E-state index contributed by atoms with van der Waals surface area (Å²) >= 11 is 3.14. The average molecular weight is 339 g/mol. The van der Waals surface area contributed by atoms with Gasteiger partial charge in [-0.05, 0) is 40.4 Å². The molecule has 0 saturated carbocycles. The van der Waals surface area contributed by atoms with Crippen LogP contribution in [0, 0.1) is 17.7 Å². The zero-order chi connectivity index (χ0) is 13.9. The van der Waals surface area contributed by atoms with E-state index in [1.165, 1.54) is 6.07 Å². The number of rotatable bonds is 2. The van der Waals surface area contributed by atoms with Crippen LogP contribution in [0.1, 0.15) is 18.3 Å². The zero-order valence-electron chi connectivity index (χ0n) is 11.0. The molecule has 1 aliphatic carbocycles. The maximum absolute atomic E-state index is 13.5. The van der Waals surface area contributed by atoms with Gasteiger partial charge in [0, 0.05) is 11.5 Å². The highest BCUT2D eigenvalue weighted by molar-refractivity contribution is 9.10. The van der Waals surface area contributed by atoms with E-state index in [1.807, 2.05) is 6.07 Å². The van der Waals surface area contributed by atoms with Crippen LogP contribution in [-0.2, 0) is 9.47 Å². The zero-order valence-corrected chi connectivity index (χ0v) is 12.6. The van der Waals surface area contributed by atoms with Gasteiger partial charge >= 0.3 is 0 Å². The fourth-order valence-corrected chi connectivity index (χ4v) is 2.81. The van der Waals surface area contributed by atoms with Crippen LogP contribution in [0.2, 0.25) is 0 Å². The van der Waals surface area contributed by atoms with Gasteiger partial charge in [-0.2, -0.15) is 0 Å². The Labute approximate surface area is 126 Å². The van der Waals surface area contributed by atoms with Gasteiger partial charge in [-0.1, -0.05) is 30.4 Å². The topological polar surface area (TPSA) is 18.5 Å². The summed E-state index contributed by atoms with van der Waals surface area (Å²) in [5.74, 6) is 0.549. The standard InChI is InChI=1S/C16H16BrFO2/c17-14-7-6-12(8-15(14)18)16-19-9-13(10-20-16)11-4-2-1-3-5-11/h1-4,6-8,11,13,16H,5,9-10H2/t11?,13-,16-. The monoisotopic (exact) mass is 338 g/mol. The highest BCUT2D eigenvalue weighted by Crippen LogP contribution is 2.32. The summed E-state index contributed by atoms with van der Waals surface area (Å²) in [6.45, 7) is 1.29. The second kappa shape index (κ2) is 6.20.